The quantitative estimate of drug-likeness (QED) is 0.590. The maximum atomic E-state index is 6.13. The maximum absolute atomic E-state index is 6.13. The van der Waals surface area contributed by atoms with E-state index in [1.165, 1.54) is 35.1 Å². The normalized spacial score (nSPS) is 34.9. The van der Waals surface area contributed by atoms with E-state index in [0.717, 1.165) is 26.2 Å². The van der Waals surface area contributed by atoms with Gasteiger partial charge in [-0.15, -0.1) is 0 Å². The largest absolute Gasteiger partial charge is 0.383 e. The molecule has 0 aromatic carbocycles. The van der Waals surface area contributed by atoms with Gasteiger partial charge in [-0.25, -0.2) is 0 Å². The molecule has 4 rings (SSSR count). The molecular weight excluding hydrogens is 324 g/mol. The number of nitrogens with one attached hydrogen (secondary N) is 1. The fourth-order valence-corrected chi connectivity index (χ4v) is 4.93. The van der Waals surface area contributed by atoms with Gasteiger partial charge in [0.2, 0.25) is 0 Å². The molecule has 3 nitrogen and oxygen atoms in total. The number of aliphatic imine (C=N–C) groups is 1. The zero-order valence-electron chi connectivity index (χ0n) is 15.7. The SMILES string of the molecule is C[Si](C)(C)CCOCC1/C=C\C=C/C2=C3NCC4CC3=N/C2=C/C1C4. The van der Waals surface area contributed by atoms with Crippen molar-refractivity contribution in [3.63, 3.8) is 0 Å². The summed E-state index contributed by atoms with van der Waals surface area (Å²) in [6.07, 6.45) is 13.7. The zero-order valence-corrected chi connectivity index (χ0v) is 16.7. The van der Waals surface area contributed by atoms with Gasteiger partial charge in [0.15, 0.2) is 0 Å². The number of hydrogen-bond donors (Lipinski definition) is 1. The van der Waals surface area contributed by atoms with Crippen LogP contribution in [0.15, 0.2) is 52.3 Å². The minimum atomic E-state index is -1.02. The lowest BCUT2D eigenvalue weighted by Crippen LogP contribution is -2.36. The van der Waals surface area contributed by atoms with Crippen molar-refractivity contribution in [3.8, 4) is 0 Å². The van der Waals surface area contributed by atoms with Crippen LogP contribution in [0, 0.1) is 17.8 Å². The molecule has 4 heteroatoms. The van der Waals surface area contributed by atoms with Crippen LogP contribution in [0.4, 0.5) is 0 Å². The molecule has 0 aromatic heterocycles. The summed E-state index contributed by atoms with van der Waals surface area (Å²) in [5.74, 6) is 1.65. The van der Waals surface area contributed by atoms with Crippen molar-refractivity contribution < 1.29 is 4.74 Å². The first-order valence-electron chi connectivity index (χ1n) is 9.70. The Hall–Kier alpha value is -1.39. The first-order chi connectivity index (χ1) is 12.0. The van der Waals surface area contributed by atoms with Crippen molar-refractivity contribution in [2.45, 2.75) is 38.5 Å². The predicted octanol–water partition coefficient (Wildman–Crippen LogP) is 4.31. The molecule has 3 atom stereocenters. The number of hydrogen-bond acceptors (Lipinski definition) is 3. The summed E-state index contributed by atoms with van der Waals surface area (Å²) in [6.45, 7) is 10.0. The lowest BCUT2D eigenvalue weighted by Gasteiger charge is -2.31. The molecule has 3 unspecified atom stereocenters. The molecule has 0 amide bonds. The summed E-state index contributed by atoms with van der Waals surface area (Å²) in [5.41, 5.74) is 5.01. The second-order valence-electron chi connectivity index (χ2n) is 9.04. The highest BCUT2D eigenvalue weighted by Gasteiger charge is 2.35. The Morgan fingerprint density at radius 3 is 3.00 bits per heavy atom. The number of allylic oxidation sites excluding steroid dienone is 5. The predicted molar refractivity (Wildman–Crippen MR) is 108 cm³/mol. The number of piperidine rings is 1. The van der Waals surface area contributed by atoms with Gasteiger partial charge in [-0.2, -0.15) is 0 Å². The Morgan fingerprint density at radius 1 is 1.28 bits per heavy atom. The van der Waals surface area contributed by atoms with Crippen molar-refractivity contribution >= 4 is 13.8 Å². The minimum Gasteiger partial charge on any atom is -0.383 e. The van der Waals surface area contributed by atoms with Gasteiger partial charge < -0.3 is 10.1 Å². The van der Waals surface area contributed by atoms with Gasteiger partial charge in [0.25, 0.3) is 0 Å². The highest BCUT2D eigenvalue weighted by molar-refractivity contribution is 6.76. The van der Waals surface area contributed by atoms with E-state index >= 15 is 0 Å². The Kier molecular flexibility index (Phi) is 4.59. The highest BCUT2D eigenvalue weighted by Crippen LogP contribution is 2.39. The summed E-state index contributed by atoms with van der Waals surface area (Å²) < 4.78 is 6.13. The molecular formula is C21H30N2OSi. The Labute approximate surface area is 152 Å². The number of rotatable bonds is 5. The van der Waals surface area contributed by atoms with Crippen molar-refractivity contribution in [3.05, 3.63) is 47.3 Å². The van der Waals surface area contributed by atoms with Crippen LogP contribution in [-0.2, 0) is 4.74 Å². The number of fused-ring (bicyclic) bond motifs is 2. The third-order valence-corrected chi connectivity index (χ3v) is 7.41. The van der Waals surface area contributed by atoms with E-state index in [9.17, 15) is 0 Å². The minimum absolute atomic E-state index is 0.444. The Morgan fingerprint density at radius 2 is 2.16 bits per heavy atom. The fourth-order valence-electron chi connectivity index (χ4n) is 4.18. The van der Waals surface area contributed by atoms with E-state index in [1.807, 2.05) is 0 Å². The summed E-state index contributed by atoms with van der Waals surface area (Å²) >= 11 is 0. The topological polar surface area (TPSA) is 33.6 Å². The summed E-state index contributed by atoms with van der Waals surface area (Å²) in [5, 5.41) is 3.65. The van der Waals surface area contributed by atoms with Gasteiger partial charge in [0, 0.05) is 32.7 Å². The van der Waals surface area contributed by atoms with E-state index in [-0.39, 0.29) is 0 Å². The molecule has 4 aliphatic rings. The van der Waals surface area contributed by atoms with Crippen LogP contribution in [0.3, 0.4) is 0 Å². The van der Waals surface area contributed by atoms with Crippen molar-refractivity contribution in [2.75, 3.05) is 19.8 Å². The smallest absolute Gasteiger partial charge is 0.0690 e. The Balaban J connectivity index is 1.54. The first kappa shape index (κ1) is 17.0. The van der Waals surface area contributed by atoms with E-state index < -0.39 is 8.07 Å². The molecule has 1 aliphatic carbocycles. The lowest BCUT2D eigenvalue weighted by atomic mass is 9.81. The van der Waals surface area contributed by atoms with E-state index in [1.54, 1.807) is 0 Å². The van der Waals surface area contributed by atoms with Gasteiger partial charge in [0.05, 0.1) is 23.7 Å². The van der Waals surface area contributed by atoms with Gasteiger partial charge in [-0.05, 0) is 30.7 Å². The Bertz CT molecular complexity index is 693. The van der Waals surface area contributed by atoms with Crippen molar-refractivity contribution in [2.24, 2.45) is 22.7 Å². The second-order valence-corrected chi connectivity index (χ2v) is 14.7. The molecule has 3 aliphatic heterocycles. The monoisotopic (exact) mass is 354 g/mol. The number of nitrogens with zero attached hydrogens (tertiary/aromatic N) is 1. The van der Waals surface area contributed by atoms with E-state index in [4.69, 9.17) is 9.73 Å². The molecule has 1 saturated heterocycles. The van der Waals surface area contributed by atoms with Crippen molar-refractivity contribution in [1.82, 2.24) is 5.32 Å². The van der Waals surface area contributed by atoms with Crippen LogP contribution >= 0.6 is 0 Å². The van der Waals surface area contributed by atoms with Crippen LogP contribution in [0.1, 0.15) is 12.8 Å². The summed E-state index contributed by atoms with van der Waals surface area (Å²) in [7, 11) is -1.02. The summed E-state index contributed by atoms with van der Waals surface area (Å²) in [6, 6.07) is 1.24. The molecule has 134 valence electrons. The molecule has 4 bridgehead atoms. The molecule has 0 aromatic rings. The molecule has 0 saturated carbocycles. The summed E-state index contributed by atoms with van der Waals surface area (Å²) in [4.78, 5) is 4.95. The molecule has 25 heavy (non-hydrogen) atoms. The van der Waals surface area contributed by atoms with Crippen LogP contribution < -0.4 is 5.32 Å². The van der Waals surface area contributed by atoms with E-state index in [0.29, 0.717) is 17.8 Å². The van der Waals surface area contributed by atoms with Crippen LogP contribution in [0.25, 0.3) is 0 Å². The molecule has 1 fully saturated rings. The third kappa shape index (κ3) is 3.75. The number of ether oxygens (including phenoxy) is 1. The molecule has 0 spiro atoms. The molecule has 1 N–H and O–H groups in total. The zero-order chi connectivity index (χ0) is 17.4. The van der Waals surface area contributed by atoms with Crippen LogP contribution in [-0.4, -0.2) is 33.5 Å². The van der Waals surface area contributed by atoms with Gasteiger partial charge in [0.1, 0.15) is 0 Å². The highest BCUT2D eigenvalue weighted by atomic mass is 28.3. The lowest BCUT2D eigenvalue weighted by molar-refractivity contribution is 0.106. The standard InChI is InChI=1S/C21H30N2OSi/c1-25(2,3)9-8-24-14-16-6-4-5-7-18-19-12-17(16)10-15-11-20(23-19)21(18)22-13-15/h4-7,12,15-17,22H,8-11,13-14H2,1-3H3/b6-4-,7-5-,19-12+. The third-order valence-electron chi connectivity index (χ3n) is 5.71. The molecule has 3 heterocycles. The van der Waals surface area contributed by atoms with Crippen LogP contribution in [0.2, 0.25) is 25.7 Å². The molecule has 0 radical (unpaired) electrons. The fraction of sp³-hybridized carbons (Fsp3) is 0.571. The van der Waals surface area contributed by atoms with Gasteiger partial charge in [-0.3, -0.25) is 4.99 Å². The van der Waals surface area contributed by atoms with Gasteiger partial charge in [-0.1, -0.05) is 50.0 Å². The van der Waals surface area contributed by atoms with Crippen LogP contribution in [0.5, 0.6) is 0 Å². The maximum Gasteiger partial charge on any atom is 0.0690 e. The first-order valence-corrected chi connectivity index (χ1v) is 13.4. The van der Waals surface area contributed by atoms with Gasteiger partial charge >= 0.3 is 0 Å². The second kappa shape index (κ2) is 6.73. The van der Waals surface area contributed by atoms with Crippen molar-refractivity contribution in [1.29, 1.82) is 0 Å². The van der Waals surface area contributed by atoms with E-state index in [2.05, 4.69) is 55.3 Å². The average Bonchev–Trinajstić information content (AvgIpc) is 2.92. The average molecular weight is 355 g/mol.